The van der Waals surface area contributed by atoms with Gasteiger partial charge in [0, 0.05) is 24.3 Å². The van der Waals surface area contributed by atoms with E-state index in [0.29, 0.717) is 17.0 Å². The van der Waals surface area contributed by atoms with Crippen molar-refractivity contribution < 1.29 is 19.1 Å². The molecule has 0 saturated carbocycles. The number of carbonyl (C=O) groups excluding carboxylic acids is 2. The Kier molecular flexibility index (Phi) is 5.73. The Hall–Kier alpha value is -3.02. The van der Waals surface area contributed by atoms with Gasteiger partial charge in [0.1, 0.15) is 11.5 Å². The SMILES string of the molecule is COc1ccc(OCC(=O)Nc2cccc(C(=O)N3CCCC3)c2)cc1. The van der Waals surface area contributed by atoms with Crippen LogP contribution in [-0.2, 0) is 4.79 Å². The van der Waals surface area contributed by atoms with Gasteiger partial charge >= 0.3 is 0 Å². The Balaban J connectivity index is 1.55. The fraction of sp³-hybridized carbons (Fsp3) is 0.300. The van der Waals surface area contributed by atoms with E-state index < -0.39 is 0 Å². The number of hydrogen-bond acceptors (Lipinski definition) is 4. The van der Waals surface area contributed by atoms with Gasteiger partial charge in [-0.3, -0.25) is 9.59 Å². The van der Waals surface area contributed by atoms with Crippen molar-refractivity contribution in [3.63, 3.8) is 0 Å². The van der Waals surface area contributed by atoms with Gasteiger partial charge in [-0.2, -0.15) is 0 Å². The predicted octanol–water partition coefficient (Wildman–Crippen LogP) is 2.95. The summed E-state index contributed by atoms with van der Waals surface area (Å²) in [6.07, 6.45) is 2.09. The van der Waals surface area contributed by atoms with Gasteiger partial charge in [-0.1, -0.05) is 6.07 Å². The summed E-state index contributed by atoms with van der Waals surface area (Å²) >= 11 is 0. The summed E-state index contributed by atoms with van der Waals surface area (Å²) in [5.41, 5.74) is 1.17. The summed E-state index contributed by atoms with van der Waals surface area (Å²) in [6.45, 7) is 1.48. The van der Waals surface area contributed by atoms with Crippen LogP contribution in [0.25, 0.3) is 0 Å². The summed E-state index contributed by atoms with van der Waals surface area (Å²) in [6, 6.07) is 14.0. The second-order valence-corrected chi connectivity index (χ2v) is 6.09. The normalized spacial score (nSPS) is 13.3. The number of rotatable bonds is 6. The van der Waals surface area contributed by atoms with Crippen LogP contribution < -0.4 is 14.8 Å². The minimum absolute atomic E-state index is 0.00748. The van der Waals surface area contributed by atoms with Crippen molar-refractivity contribution in [3.05, 3.63) is 54.1 Å². The van der Waals surface area contributed by atoms with Gasteiger partial charge < -0.3 is 19.7 Å². The second-order valence-electron chi connectivity index (χ2n) is 6.09. The molecule has 6 nitrogen and oxygen atoms in total. The van der Waals surface area contributed by atoms with Crippen LogP contribution in [0.15, 0.2) is 48.5 Å². The lowest BCUT2D eigenvalue weighted by atomic mass is 10.1. The first-order valence-electron chi connectivity index (χ1n) is 8.62. The largest absolute Gasteiger partial charge is 0.497 e. The molecule has 6 heteroatoms. The molecule has 1 fully saturated rings. The Labute approximate surface area is 152 Å². The van der Waals surface area contributed by atoms with Gasteiger partial charge in [0.2, 0.25) is 0 Å². The number of carbonyl (C=O) groups is 2. The summed E-state index contributed by atoms with van der Waals surface area (Å²) < 4.78 is 10.5. The van der Waals surface area contributed by atoms with Gasteiger partial charge in [-0.25, -0.2) is 0 Å². The van der Waals surface area contributed by atoms with E-state index in [-0.39, 0.29) is 18.4 Å². The number of ether oxygens (including phenoxy) is 2. The zero-order valence-electron chi connectivity index (χ0n) is 14.7. The summed E-state index contributed by atoms with van der Waals surface area (Å²) in [5, 5.41) is 2.76. The lowest BCUT2D eigenvalue weighted by Gasteiger charge is -2.16. The standard InChI is InChI=1S/C20H22N2O4/c1-25-17-7-9-18(10-8-17)26-14-19(23)21-16-6-4-5-15(13-16)20(24)22-11-2-3-12-22/h4-10,13H,2-3,11-12,14H2,1H3,(H,21,23). The van der Waals surface area contributed by atoms with E-state index in [4.69, 9.17) is 9.47 Å². The Morgan fingerprint density at radius 2 is 1.73 bits per heavy atom. The second kappa shape index (κ2) is 8.38. The van der Waals surface area contributed by atoms with E-state index in [1.807, 2.05) is 4.90 Å². The first-order valence-corrected chi connectivity index (χ1v) is 8.62. The first kappa shape index (κ1) is 17.8. The average Bonchev–Trinajstić information content (AvgIpc) is 3.21. The van der Waals surface area contributed by atoms with Crippen molar-refractivity contribution in [1.82, 2.24) is 4.90 Å². The number of nitrogens with zero attached hydrogens (tertiary/aromatic N) is 1. The lowest BCUT2D eigenvalue weighted by Crippen LogP contribution is -2.27. The van der Waals surface area contributed by atoms with Crippen LogP contribution >= 0.6 is 0 Å². The van der Waals surface area contributed by atoms with Crippen LogP contribution in [-0.4, -0.2) is 43.5 Å². The molecule has 136 valence electrons. The van der Waals surface area contributed by atoms with E-state index >= 15 is 0 Å². The van der Waals surface area contributed by atoms with Crippen LogP contribution in [0.5, 0.6) is 11.5 Å². The molecule has 2 aromatic carbocycles. The lowest BCUT2D eigenvalue weighted by molar-refractivity contribution is -0.118. The van der Waals surface area contributed by atoms with E-state index in [9.17, 15) is 9.59 Å². The molecule has 2 amide bonds. The fourth-order valence-corrected chi connectivity index (χ4v) is 2.85. The number of likely N-dealkylation sites (tertiary alicyclic amines) is 1. The van der Waals surface area contributed by atoms with Crippen molar-refractivity contribution in [1.29, 1.82) is 0 Å². The summed E-state index contributed by atoms with van der Waals surface area (Å²) in [5.74, 6) is 1.03. The highest BCUT2D eigenvalue weighted by molar-refractivity contribution is 5.97. The highest BCUT2D eigenvalue weighted by atomic mass is 16.5. The summed E-state index contributed by atoms with van der Waals surface area (Å²) in [7, 11) is 1.59. The Morgan fingerprint density at radius 1 is 1.04 bits per heavy atom. The molecular weight excluding hydrogens is 332 g/mol. The van der Waals surface area contributed by atoms with Crippen molar-refractivity contribution >= 4 is 17.5 Å². The highest BCUT2D eigenvalue weighted by Crippen LogP contribution is 2.18. The smallest absolute Gasteiger partial charge is 0.262 e. The molecule has 0 unspecified atom stereocenters. The van der Waals surface area contributed by atoms with Crippen LogP contribution in [0.4, 0.5) is 5.69 Å². The maximum Gasteiger partial charge on any atom is 0.262 e. The van der Waals surface area contributed by atoms with E-state index in [1.165, 1.54) is 0 Å². The maximum absolute atomic E-state index is 12.4. The van der Waals surface area contributed by atoms with Crippen molar-refractivity contribution in [2.24, 2.45) is 0 Å². The van der Waals surface area contributed by atoms with Gasteiger partial charge in [0.05, 0.1) is 7.11 Å². The molecule has 1 saturated heterocycles. The summed E-state index contributed by atoms with van der Waals surface area (Å²) in [4.78, 5) is 26.4. The minimum atomic E-state index is -0.286. The van der Waals surface area contributed by atoms with Crippen molar-refractivity contribution in [2.45, 2.75) is 12.8 Å². The zero-order valence-corrected chi connectivity index (χ0v) is 14.7. The Morgan fingerprint density at radius 3 is 2.42 bits per heavy atom. The molecular formula is C20H22N2O4. The van der Waals surface area contributed by atoms with Crippen LogP contribution in [0, 0.1) is 0 Å². The molecule has 2 aromatic rings. The fourth-order valence-electron chi connectivity index (χ4n) is 2.85. The Bertz CT molecular complexity index is 768. The number of amides is 2. The molecule has 0 spiro atoms. The molecule has 1 aliphatic heterocycles. The minimum Gasteiger partial charge on any atom is -0.497 e. The van der Waals surface area contributed by atoms with Gasteiger partial charge in [0.15, 0.2) is 6.61 Å². The molecule has 3 rings (SSSR count). The number of methoxy groups -OCH3 is 1. The zero-order chi connectivity index (χ0) is 18.4. The third kappa shape index (κ3) is 4.53. The first-order chi connectivity index (χ1) is 12.7. The third-order valence-electron chi connectivity index (χ3n) is 4.22. The van der Waals surface area contributed by atoms with Crippen LogP contribution in [0.3, 0.4) is 0 Å². The molecule has 1 N–H and O–H groups in total. The van der Waals surface area contributed by atoms with Crippen molar-refractivity contribution in [2.75, 3.05) is 32.1 Å². The predicted molar refractivity (Wildman–Crippen MR) is 98.7 cm³/mol. The van der Waals surface area contributed by atoms with Gasteiger partial charge in [0.25, 0.3) is 11.8 Å². The van der Waals surface area contributed by atoms with E-state index in [2.05, 4.69) is 5.32 Å². The van der Waals surface area contributed by atoms with Crippen LogP contribution in [0.2, 0.25) is 0 Å². The number of anilines is 1. The number of benzene rings is 2. The molecule has 0 aromatic heterocycles. The number of nitrogens with one attached hydrogen (secondary N) is 1. The number of hydrogen-bond donors (Lipinski definition) is 1. The maximum atomic E-state index is 12.4. The third-order valence-corrected chi connectivity index (χ3v) is 4.22. The molecule has 0 radical (unpaired) electrons. The van der Waals surface area contributed by atoms with Crippen LogP contribution in [0.1, 0.15) is 23.2 Å². The van der Waals surface area contributed by atoms with E-state index in [0.717, 1.165) is 31.7 Å². The van der Waals surface area contributed by atoms with Gasteiger partial charge in [-0.15, -0.1) is 0 Å². The monoisotopic (exact) mass is 354 g/mol. The van der Waals surface area contributed by atoms with Gasteiger partial charge in [-0.05, 0) is 55.3 Å². The highest BCUT2D eigenvalue weighted by Gasteiger charge is 2.19. The molecule has 0 bridgehead atoms. The molecule has 1 heterocycles. The topological polar surface area (TPSA) is 67.9 Å². The molecule has 0 atom stereocenters. The quantitative estimate of drug-likeness (QED) is 0.866. The molecule has 1 aliphatic rings. The van der Waals surface area contributed by atoms with E-state index in [1.54, 1.807) is 55.6 Å². The molecule has 0 aliphatic carbocycles. The van der Waals surface area contributed by atoms with Crippen molar-refractivity contribution in [3.8, 4) is 11.5 Å². The molecule has 26 heavy (non-hydrogen) atoms. The average molecular weight is 354 g/mol.